The van der Waals surface area contributed by atoms with Crippen LogP contribution in [0.1, 0.15) is 25.0 Å². The molecule has 4 heterocycles. The highest BCUT2D eigenvalue weighted by Gasteiger charge is 2.24. The zero-order valence-electron chi connectivity index (χ0n) is 36.7. The summed E-state index contributed by atoms with van der Waals surface area (Å²) >= 11 is 16.2. The van der Waals surface area contributed by atoms with Crippen molar-refractivity contribution >= 4 is 104 Å². The first-order valence-electron chi connectivity index (χ1n) is 21.5. The summed E-state index contributed by atoms with van der Waals surface area (Å²) in [6.45, 7) is 6.08. The monoisotopic (exact) mass is 960 g/mol. The lowest BCUT2D eigenvalue weighted by Gasteiger charge is -2.33. The van der Waals surface area contributed by atoms with Crippen LogP contribution in [0.3, 0.4) is 0 Å². The number of hydrogen-bond acceptors (Lipinski definition) is 7. The second-order valence-electron chi connectivity index (χ2n) is 16.3. The van der Waals surface area contributed by atoms with Gasteiger partial charge in [0.15, 0.2) is 0 Å². The van der Waals surface area contributed by atoms with Crippen LogP contribution in [0.4, 0.5) is 0 Å². The van der Waals surface area contributed by atoms with Gasteiger partial charge in [-0.25, -0.2) is 0 Å². The molecule has 2 aliphatic heterocycles. The van der Waals surface area contributed by atoms with Crippen LogP contribution < -0.4 is 0 Å². The Balaban J connectivity index is 1.17. The molecule has 2 N–H and O–H groups in total. The first kappa shape index (κ1) is 46.7. The van der Waals surface area contributed by atoms with Gasteiger partial charge in [0.1, 0.15) is 13.1 Å². The van der Waals surface area contributed by atoms with Crippen LogP contribution in [0.25, 0.3) is 56.2 Å². The summed E-state index contributed by atoms with van der Waals surface area (Å²) in [6.07, 6.45) is 9.91. The van der Waals surface area contributed by atoms with Gasteiger partial charge in [-0.1, -0.05) is 59.2 Å². The standard InChI is InChI=1S/C50H46Cl2N6O8S/c1-31(59)53-19-23-55(24-20-53)43(61)13-7-33-5-11-41(49(51)47(33)37-3-9-39-35(27-37)15-17-57(39)29-45(63)64)67-42-12-6-34(8-14-44(62)56-25-21-54(22-26-56)32(2)60)48(50(42)52)38-4-10-40-36(28-38)16-18-58(40)30-46(65)66/h3-18,27-28H,19-26,29-30H2,1-2H3,(H,63,64)(H,65,66)/b13-7+,14-8+. The molecular formula is C50H46Cl2N6O8S. The topological polar surface area (TPSA) is 166 Å². The number of carboxylic acids is 2. The maximum absolute atomic E-state index is 13.5. The highest BCUT2D eigenvalue weighted by molar-refractivity contribution is 7.99. The first-order chi connectivity index (χ1) is 32.1. The summed E-state index contributed by atoms with van der Waals surface area (Å²) < 4.78 is 3.30. The van der Waals surface area contributed by atoms with Crippen molar-refractivity contribution in [3.63, 3.8) is 0 Å². The lowest BCUT2D eigenvalue weighted by Crippen LogP contribution is -2.49. The molecule has 0 unspecified atom stereocenters. The SMILES string of the molecule is CC(=O)N1CCN(C(=O)/C=C/c2ccc(Sc3ccc(/C=C/C(=O)N4CCN(C(C)=O)CC4)c(-c4ccc5c(ccn5CC(=O)O)c4)c3Cl)c(Cl)c2-c2ccc3c(ccn3CC(=O)O)c2)CC1. The predicted molar refractivity (Wildman–Crippen MR) is 260 cm³/mol. The Kier molecular flexibility index (Phi) is 13.9. The van der Waals surface area contributed by atoms with Crippen LogP contribution >= 0.6 is 35.0 Å². The van der Waals surface area contributed by atoms with Crippen molar-refractivity contribution in [1.29, 1.82) is 0 Å². The Hall–Kier alpha value is -6.81. The molecule has 0 spiro atoms. The molecule has 4 amide bonds. The van der Waals surface area contributed by atoms with Crippen molar-refractivity contribution in [2.75, 3.05) is 52.4 Å². The number of aliphatic carboxylic acids is 2. The second-order valence-corrected chi connectivity index (χ2v) is 18.2. The molecule has 344 valence electrons. The fourth-order valence-corrected chi connectivity index (χ4v) is 10.3. The van der Waals surface area contributed by atoms with Crippen molar-refractivity contribution in [2.45, 2.75) is 36.7 Å². The van der Waals surface area contributed by atoms with E-state index < -0.39 is 11.9 Å². The zero-order chi connectivity index (χ0) is 47.5. The minimum atomic E-state index is -0.968. The third-order valence-electron chi connectivity index (χ3n) is 12.1. The van der Waals surface area contributed by atoms with Gasteiger partial charge in [-0.15, -0.1) is 0 Å². The van der Waals surface area contributed by atoms with E-state index in [0.717, 1.165) is 32.9 Å². The van der Waals surface area contributed by atoms with Gasteiger partial charge < -0.3 is 38.9 Å². The van der Waals surface area contributed by atoms with Crippen molar-refractivity contribution in [2.24, 2.45) is 0 Å². The number of benzene rings is 4. The van der Waals surface area contributed by atoms with Crippen LogP contribution in [0, 0.1) is 0 Å². The molecule has 67 heavy (non-hydrogen) atoms. The van der Waals surface area contributed by atoms with Crippen LogP contribution in [0.2, 0.25) is 10.0 Å². The van der Waals surface area contributed by atoms with Crippen molar-refractivity contribution < 1.29 is 39.0 Å². The van der Waals surface area contributed by atoms with Gasteiger partial charge in [0.2, 0.25) is 23.6 Å². The zero-order valence-corrected chi connectivity index (χ0v) is 39.0. The maximum atomic E-state index is 13.5. The molecule has 0 aliphatic carbocycles. The smallest absolute Gasteiger partial charge is 0.323 e. The third-order valence-corrected chi connectivity index (χ3v) is 14.2. The summed E-state index contributed by atoms with van der Waals surface area (Å²) in [5, 5.41) is 21.3. The van der Waals surface area contributed by atoms with Crippen LogP contribution in [-0.4, -0.2) is 127 Å². The molecule has 8 rings (SSSR count). The molecule has 0 bridgehead atoms. The van der Waals surface area contributed by atoms with Crippen LogP contribution in [0.5, 0.6) is 0 Å². The third kappa shape index (κ3) is 10.3. The number of amides is 4. The number of halogens is 2. The molecule has 0 radical (unpaired) electrons. The number of aromatic nitrogens is 2. The molecule has 2 aliphatic rings. The largest absolute Gasteiger partial charge is 0.480 e. The summed E-state index contributed by atoms with van der Waals surface area (Å²) in [6, 6.07) is 22.4. The van der Waals surface area contributed by atoms with Crippen molar-refractivity contribution in [3.05, 3.63) is 119 Å². The predicted octanol–water partition coefficient (Wildman–Crippen LogP) is 7.97. The van der Waals surface area contributed by atoms with Gasteiger partial charge in [-0.05, 0) is 82.9 Å². The van der Waals surface area contributed by atoms with E-state index in [2.05, 4.69) is 0 Å². The molecule has 0 atom stereocenters. The Morgan fingerprint density at radius 3 is 1.27 bits per heavy atom. The fourth-order valence-electron chi connectivity index (χ4n) is 8.58. The Bertz CT molecular complexity index is 2830. The van der Waals surface area contributed by atoms with Gasteiger partial charge in [-0.3, -0.25) is 28.8 Å². The second kappa shape index (κ2) is 20.0. The van der Waals surface area contributed by atoms with Gasteiger partial charge >= 0.3 is 11.9 Å². The van der Waals surface area contributed by atoms with E-state index in [1.54, 1.807) is 53.3 Å². The average molecular weight is 962 g/mol. The molecule has 14 nitrogen and oxygen atoms in total. The number of carbonyl (C=O) groups is 6. The molecular weight excluding hydrogens is 916 g/mol. The van der Waals surface area contributed by atoms with E-state index in [1.165, 1.54) is 37.8 Å². The highest BCUT2D eigenvalue weighted by Crippen LogP contribution is 2.47. The summed E-state index contributed by atoms with van der Waals surface area (Å²) in [4.78, 5) is 82.0. The number of carbonyl (C=O) groups excluding carboxylic acids is 4. The average Bonchev–Trinajstić information content (AvgIpc) is 3.90. The molecule has 4 aromatic carbocycles. The number of hydrogen-bond donors (Lipinski definition) is 2. The molecule has 2 saturated heterocycles. The lowest BCUT2D eigenvalue weighted by molar-refractivity contribution is -0.138. The Labute approximate surface area is 400 Å². The van der Waals surface area contributed by atoms with E-state index in [-0.39, 0.29) is 36.7 Å². The van der Waals surface area contributed by atoms with Crippen molar-refractivity contribution in [3.8, 4) is 22.3 Å². The molecule has 6 aromatic rings. The number of piperazine rings is 2. The maximum Gasteiger partial charge on any atom is 0.323 e. The molecule has 2 aromatic heterocycles. The van der Waals surface area contributed by atoms with E-state index in [4.69, 9.17) is 23.2 Å². The van der Waals surface area contributed by atoms with Crippen LogP contribution in [0.15, 0.2) is 107 Å². The molecule has 0 saturated carbocycles. The summed E-state index contributed by atoms with van der Waals surface area (Å²) in [5.74, 6) is -2.40. The van der Waals surface area contributed by atoms with Gasteiger partial charge in [0, 0.05) is 133 Å². The highest BCUT2D eigenvalue weighted by atomic mass is 35.5. The minimum absolute atomic E-state index is 0.0307. The van der Waals surface area contributed by atoms with Gasteiger partial charge in [0.25, 0.3) is 0 Å². The van der Waals surface area contributed by atoms with Gasteiger partial charge in [0.05, 0.1) is 10.0 Å². The van der Waals surface area contributed by atoms with Crippen molar-refractivity contribution in [1.82, 2.24) is 28.7 Å². The van der Waals surface area contributed by atoms with Gasteiger partial charge in [-0.2, -0.15) is 0 Å². The fraction of sp³-hybridized carbons (Fsp3) is 0.240. The number of carboxylic acid groups (broad SMARTS) is 2. The van der Waals surface area contributed by atoms with E-state index in [9.17, 15) is 39.0 Å². The van der Waals surface area contributed by atoms with E-state index in [1.807, 2.05) is 72.8 Å². The van der Waals surface area contributed by atoms with Crippen LogP contribution in [-0.2, 0) is 41.9 Å². The summed E-state index contributed by atoms with van der Waals surface area (Å²) in [7, 11) is 0. The molecule has 2 fully saturated rings. The number of rotatable bonds is 12. The molecule has 17 heteroatoms. The lowest BCUT2D eigenvalue weighted by atomic mass is 9.97. The number of fused-ring (bicyclic) bond motifs is 2. The Morgan fingerprint density at radius 1 is 0.537 bits per heavy atom. The minimum Gasteiger partial charge on any atom is -0.480 e. The first-order valence-corrected chi connectivity index (χ1v) is 23.1. The normalized spacial score (nSPS) is 14.5. The quantitative estimate of drug-likeness (QED) is 0.116. The summed E-state index contributed by atoms with van der Waals surface area (Å²) in [5.41, 5.74) is 5.53. The van der Waals surface area contributed by atoms with E-state index in [0.29, 0.717) is 94.4 Å². The number of nitrogens with zero attached hydrogens (tertiary/aromatic N) is 6. The Morgan fingerprint density at radius 2 is 0.910 bits per heavy atom. The van der Waals surface area contributed by atoms with E-state index >= 15 is 0 Å².